The first-order valence-corrected chi connectivity index (χ1v) is 44.3. The van der Waals surface area contributed by atoms with Crippen LogP contribution in [0.5, 0.6) is 0 Å². The Balaban J connectivity index is 5.25. The van der Waals surface area contributed by atoms with Gasteiger partial charge in [0.1, 0.15) is 19.3 Å². The van der Waals surface area contributed by atoms with E-state index in [4.69, 9.17) is 37.0 Å². The maximum atomic E-state index is 13.1. The largest absolute Gasteiger partial charge is 0.472 e. The summed E-state index contributed by atoms with van der Waals surface area (Å²) in [6, 6.07) is 0. The SMILES string of the molecule is CCCCCCCCCCCCCCCCCCCCCC(=O)O[C@H](COC(=O)CCCCCCCCCCCCCCCC(C)C)COP(=O)(O)OC[C@@H](O)COP(=O)(O)OC[C@@H](COC(=O)CCCCCCCCCCCC(C)C)OC(=O)CCCCCCCCCCCC(C)C. The Morgan fingerprint density at radius 3 is 0.687 bits per heavy atom. The molecule has 99 heavy (non-hydrogen) atoms. The van der Waals surface area contributed by atoms with Crippen molar-refractivity contribution in [2.75, 3.05) is 39.6 Å². The molecule has 0 heterocycles. The number of carbonyl (C=O) groups excluding carboxylic acids is 4. The number of hydrogen-bond acceptors (Lipinski definition) is 15. The first-order valence-electron chi connectivity index (χ1n) is 41.3. The van der Waals surface area contributed by atoms with Gasteiger partial charge in [-0.25, -0.2) is 9.13 Å². The van der Waals surface area contributed by atoms with Crippen LogP contribution in [-0.4, -0.2) is 96.7 Å². The van der Waals surface area contributed by atoms with Crippen LogP contribution in [0, 0.1) is 17.8 Å². The molecule has 0 spiro atoms. The zero-order valence-corrected chi connectivity index (χ0v) is 66.8. The summed E-state index contributed by atoms with van der Waals surface area (Å²) >= 11 is 0. The first-order chi connectivity index (χ1) is 47.7. The van der Waals surface area contributed by atoms with Crippen LogP contribution in [0.25, 0.3) is 0 Å². The van der Waals surface area contributed by atoms with Crippen LogP contribution >= 0.6 is 15.6 Å². The summed E-state index contributed by atoms with van der Waals surface area (Å²) in [6.07, 6.45) is 58.3. The molecule has 0 aromatic carbocycles. The number of hydrogen-bond donors (Lipinski definition) is 3. The second kappa shape index (κ2) is 70.4. The van der Waals surface area contributed by atoms with Gasteiger partial charge in [-0.1, -0.05) is 363 Å². The van der Waals surface area contributed by atoms with E-state index >= 15 is 0 Å². The van der Waals surface area contributed by atoms with Crippen molar-refractivity contribution in [1.82, 2.24) is 0 Å². The first kappa shape index (κ1) is 97.1. The molecule has 0 bridgehead atoms. The van der Waals surface area contributed by atoms with Crippen LogP contribution in [-0.2, 0) is 65.4 Å². The molecule has 0 rings (SSSR count). The smallest absolute Gasteiger partial charge is 0.462 e. The molecule has 5 atom stereocenters. The molecular weight excluding hydrogens is 1290 g/mol. The number of aliphatic hydroxyl groups is 1. The fourth-order valence-corrected chi connectivity index (χ4v) is 13.9. The van der Waals surface area contributed by atoms with E-state index in [1.807, 2.05) is 0 Å². The Kier molecular flexibility index (Phi) is 69.0. The highest BCUT2D eigenvalue weighted by atomic mass is 31.2. The lowest BCUT2D eigenvalue weighted by Crippen LogP contribution is -2.30. The molecule has 0 amide bonds. The van der Waals surface area contributed by atoms with Crippen molar-refractivity contribution in [3.8, 4) is 0 Å². The zero-order chi connectivity index (χ0) is 73.0. The molecule has 0 aliphatic rings. The second-order valence-corrected chi connectivity index (χ2v) is 33.1. The Bertz CT molecular complexity index is 1920. The highest BCUT2D eigenvalue weighted by Gasteiger charge is 2.30. The summed E-state index contributed by atoms with van der Waals surface area (Å²) in [5, 5.41) is 10.6. The Morgan fingerprint density at radius 2 is 0.465 bits per heavy atom. The van der Waals surface area contributed by atoms with Crippen molar-refractivity contribution in [2.45, 2.75) is 433 Å². The second-order valence-electron chi connectivity index (χ2n) is 30.2. The van der Waals surface area contributed by atoms with Gasteiger partial charge in [-0.2, -0.15) is 0 Å². The summed E-state index contributed by atoms with van der Waals surface area (Å²) in [5.74, 6) is 0.158. The molecule has 19 heteroatoms. The average molecular weight is 1450 g/mol. The summed E-state index contributed by atoms with van der Waals surface area (Å²) in [7, 11) is -9.92. The number of rotatable bonds is 78. The molecule has 0 aliphatic carbocycles. The van der Waals surface area contributed by atoms with Crippen molar-refractivity contribution in [1.29, 1.82) is 0 Å². The highest BCUT2D eigenvalue weighted by molar-refractivity contribution is 7.47. The van der Waals surface area contributed by atoms with Crippen LogP contribution in [0.4, 0.5) is 0 Å². The molecule has 0 saturated heterocycles. The van der Waals surface area contributed by atoms with Crippen LogP contribution in [0.2, 0.25) is 0 Å². The Morgan fingerprint density at radius 1 is 0.273 bits per heavy atom. The van der Waals surface area contributed by atoms with E-state index in [1.165, 1.54) is 225 Å². The van der Waals surface area contributed by atoms with Gasteiger partial charge in [0.05, 0.1) is 26.4 Å². The number of phosphoric acid groups is 2. The fraction of sp³-hybridized carbons (Fsp3) is 0.950. The van der Waals surface area contributed by atoms with Gasteiger partial charge in [0.2, 0.25) is 0 Å². The molecule has 17 nitrogen and oxygen atoms in total. The van der Waals surface area contributed by atoms with Crippen LogP contribution in [0.3, 0.4) is 0 Å². The quantitative estimate of drug-likeness (QED) is 0.0222. The lowest BCUT2D eigenvalue weighted by molar-refractivity contribution is -0.161. The van der Waals surface area contributed by atoms with E-state index in [0.717, 1.165) is 108 Å². The predicted octanol–water partition coefficient (Wildman–Crippen LogP) is 23.7. The standard InChI is InChI=1S/C80H156O17P2/c1-8-9-10-11-12-13-14-15-16-17-18-19-20-23-27-34-42-49-56-63-79(84)96-75(67-90-77(82)61-54-47-40-33-26-24-21-22-25-30-37-44-51-58-71(2)3)69-94-98(86,87)92-65-74(81)66-93-99(88,89)95-70-76(97-80(85)64-57-50-43-36-29-32-39-46-53-60-73(6)7)68-91-78(83)62-55-48-41-35-28-31-38-45-52-59-72(4)5/h71-76,81H,8-70H2,1-7H3,(H,86,87)(H,88,89)/t74-,75-,76-/m1/s1. The minimum atomic E-state index is -4.96. The van der Waals surface area contributed by atoms with Crippen molar-refractivity contribution >= 4 is 39.5 Å². The normalized spacial score (nSPS) is 14.0. The van der Waals surface area contributed by atoms with Gasteiger partial charge >= 0.3 is 39.5 Å². The van der Waals surface area contributed by atoms with E-state index in [-0.39, 0.29) is 25.7 Å². The molecular formula is C80H156O17P2. The monoisotopic (exact) mass is 1450 g/mol. The third-order valence-corrected chi connectivity index (χ3v) is 20.5. The number of unbranched alkanes of at least 4 members (excludes halogenated alkanes) is 46. The molecule has 0 radical (unpaired) electrons. The van der Waals surface area contributed by atoms with Crippen molar-refractivity contribution < 1.29 is 80.2 Å². The van der Waals surface area contributed by atoms with Crippen LogP contribution in [0.15, 0.2) is 0 Å². The van der Waals surface area contributed by atoms with Gasteiger partial charge in [0.15, 0.2) is 12.2 Å². The van der Waals surface area contributed by atoms with Gasteiger partial charge in [0, 0.05) is 25.7 Å². The summed E-state index contributed by atoms with van der Waals surface area (Å²) < 4.78 is 68.7. The number of aliphatic hydroxyl groups excluding tert-OH is 1. The molecule has 2 unspecified atom stereocenters. The van der Waals surface area contributed by atoms with Crippen molar-refractivity contribution in [3.63, 3.8) is 0 Å². The van der Waals surface area contributed by atoms with Crippen LogP contribution < -0.4 is 0 Å². The van der Waals surface area contributed by atoms with Gasteiger partial charge in [-0.3, -0.25) is 37.3 Å². The minimum Gasteiger partial charge on any atom is -0.462 e. The van der Waals surface area contributed by atoms with Crippen molar-refractivity contribution in [2.24, 2.45) is 17.8 Å². The third kappa shape index (κ3) is 74.1. The summed E-state index contributed by atoms with van der Waals surface area (Å²) in [6.45, 7) is 11.9. The molecule has 0 aromatic heterocycles. The molecule has 3 N–H and O–H groups in total. The minimum absolute atomic E-state index is 0.105. The molecule has 588 valence electrons. The topological polar surface area (TPSA) is 237 Å². The Hall–Kier alpha value is -1.94. The molecule has 0 saturated carbocycles. The van der Waals surface area contributed by atoms with Gasteiger partial charge in [-0.05, 0) is 43.4 Å². The predicted molar refractivity (Wildman–Crippen MR) is 405 cm³/mol. The zero-order valence-electron chi connectivity index (χ0n) is 65.0. The van der Waals surface area contributed by atoms with E-state index in [2.05, 4.69) is 48.5 Å². The van der Waals surface area contributed by atoms with E-state index in [0.29, 0.717) is 25.7 Å². The number of phosphoric ester groups is 2. The maximum absolute atomic E-state index is 13.1. The van der Waals surface area contributed by atoms with E-state index < -0.39 is 97.5 Å². The summed E-state index contributed by atoms with van der Waals surface area (Å²) in [5.41, 5.74) is 0. The van der Waals surface area contributed by atoms with E-state index in [1.54, 1.807) is 0 Å². The Labute approximate surface area is 607 Å². The van der Waals surface area contributed by atoms with Gasteiger partial charge < -0.3 is 33.8 Å². The number of ether oxygens (including phenoxy) is 4. The number of carbonyl (C=O) groups is 4. The molecule has 0 aromatic rings. The lowest BCUT2D eigenvalue weighted by atomic mass is 10.0. The molecule has 0 aliphatic heterocycles. The maximum Gasteiger partial charge on any atom is 0.472 e. The van der Waals surface area contributed by atoms with Gasteiger partial charge in [-0.15, -0.1) is 0 Å². The van der Waals surface area contributed by atoms with Gasteiger partial charge in [0.25, 0.3) is 0 Å². The van der Waals surface area contributed by atoms with Crippen molar-refractivity contribution in [3.05, 3.63) is 0 Å². The lowest BCUT2D eigenvalue weighted by Gasteiger charge is -2.21. The molecule has 0 fully saturated rings. The average Bonchev–Trinajstić information content (AvgIpc) is 1.34. The summed E-state index contributed by atoms with van der Waals surface area (Å²) in [4.78, 5) is 73.0. The third-order valence-electron chi connectivity index (χ3n) is 18.6. The highest BCUT2D eigenvalue weighted by Crippen LogP contribution is 2.45. The fourth-order valence-electron chi connectivity index (χ4n) is 12.3. The van der Waals surface area contributed by atoms with Crippen LogP contribution in [0.1, 0.15) is 414 Å². The number of esters is 4. The van der Waals surface area contributed by atoms with E-state index in [9.17, 15) is 43.2 Å².